The first kappa shape index (κ1) is 10.1. The van der Waals surface area contributed by atoms with Gasteiger partial charge in [-0.3, -0.25) is 0 Å². The van der Waals surface area contributed by atoms with Crippen LogP contribution in [0.25, 0.3) is 0 Å². The number of thiophene rings is 1. The zero-order chi connectivity index (χ0) is 9.80. The van der Waals surface area contributed by atoms with Crippen LogP contribution < -0.4 is 5.32 Å². The van der Waals surface area contributed by atoms with Gasteiger partial charge < -0.3 is 10.1 Å². The monoisotopic (exact) mass is 211 g/mol. The zero-order valence-corrected chi connectivity index (χ0v) is 9.35. The molecule has 2 unspecified atom stereocenters. The Hall–Kier alpha value is -0.380. The highest BCUT2D eigenvalue weighted by molar-refractivity contribution is 7.07. The van der Waals surface area contributed by atoms with Gasteiger partial charge in [-0.1, -0.05) is 6.92 Å². The van der Waals surface area contributed by atoms with Crippen LogP contribution in [-0.2, 0) is 4.74 Å². The van der Waals surface area contributed by atoms with Crippen LogP contribution in [0.5, 0.6) is 0 Å². The van der Waals surface area contributed by atoms with Gasteiger partial charge in [-0.05, 0) is 35.4 Å². The van der Waals surface area contributed by atoms with Crippen LogP contribution >= 0.6 is 11.3 Å². The van der Waals surface area contributed by atoms with Crippen molar-refractivity contribution in [3.05, 3.63) is 22.4 Å². The summed E-state index contributed by atoms with van der Waals surface area (Å²) in [4.78, 5) is 0. The summed E-state index contributed by atoms with van der Waals surface area (Å²) in [5, 5.41) is 7.94. The molecular weight excluding hydrogens is 194 g/mol. The molecule has 0 saturated carbocycles. The van der Waals surface area contributed by atoms with Gasteiger partial charge in [0, 0.05) is 18.6 Å². The molecule has 2 rings (SSSR count). The minimum atomic E-state index is 0.494. The SMILES string of the molecule is CCNC(c1ccsc1)C1CCOC1. The Balaban J connectivity index is 2.06. The number of rotatable bonds is 4. The summed E-state index contributed by atoms with van der Waals surface area (Å²) in [5.74, 6) is 0.657. The van der Waals surface area contributed by atoms with Crippen molar-refractivity contribution in [2.24, 2.45) is 5.92 Å². The molecule has 1 fully saturated rings. The fraction of sp³-hybridized carbons (Fsp3) is 0.636. The van der Waals surface area contributed by atoms with Gasteiger partial charge in [0.05, 0.1) is 6.61 Å². The Labute approximate surface area is 89.3 Å². The molecule has 1 N–H and O–H groups in total. The normalized spacial score (nSPS) is 23.9. The maximum Gasteiger partial charge on any atom is 0.0513 e. The fourth-order valence-corrected chi connectivity index (χ4v) is 2.74. The van der Waals surface area contributed by atoms with Crippen LogP contribution in [0.3, 0.4) is 0 Å². The van der Waals surface area contributed by atoms with Crippen molar-refractivity contribution in [1.29, 1.82) is 0 Å². The van der Waals surface area contributed by atoms with E-state index in [9.17, 15) is 0 Å². The first-order valence-corrected chi connectivity index (χ1v) is 6.19. The third kappa shape index (κ3) is 2.16. The summed E-state index contributed by atoms with van der Waals surface area (Å²) in [6.45, 7) is 5.02. The predicted octanol–water partition coefficient (Wildman–Crippen LogP) is 2.44. The Morgan fingerprint density at radius 3 is 3.21 bits per heavy atom. The molecule has 0 aromatic carbocycles. The second kappa shape index (κ2) is 4.91. The first-order chi connectivity index (χ1) is 6.92. The van der Waals surface area contributed by atoms with E-state index < -0.39 is 0 Å². The lowest BCUT2D eigenvalue weighted by Crippen LogP contribution is -2.28. The van der Waals surface area contributed by atoms with Crippen molar-refractivity contribution in [2.75, 3.05) is 19.8 Å². The van der Waals surface area contributed by atoms with Crippen LogP contribution in [0.4, 0.5) is 0 Å². The van der Waals surface area contributed by atoms with E-state index in [1.54, 1.807) is 11.3 Å². The van der Waals surface area contributed by atoms with E-state index >= 15 is 0 Å². The highest BCUT2D eigenvalue weighted by atomic mass is 32.1. The lowest BCUT2D eigenvalue weighted by Gasteiger charge is -2.22. The second-order valence-corrected chi connectivity index (χ2v) is 4.50. The maximum absolute atomic E-state index is 5.45. The number of ether oxygens (including phenoxy) is 1. The molecule has 0 aliphatic carbocycles. The van der Waals surface area contributed by atoms with Gasteiger partial charge in [0.2, 0.25) is 0 Å². The van der Waals surface area contributed by atoms with Gasteiger partial charge in [-0.2, -0.15) is 11.3 Å². The molecule has 0 bridgehead atoms. The molecule has 78 valence electrons. The van der Waals surface area contributed by atoms with E-state index in [0.717, 1.165) is 19.8 Å². The quantitative estimate of drug-likeness (QED) is 0.826. The molecule has 3 heteroatoms. The molecule has 0 spiro atoms. The molecule has 2 heterocycles. The van der Waals surface area contributed by atoms with Crippen LogP contribution in [0.15, 0.2) is 16.8 Å². The van der Waals surface area contributed by atoms with Crippen molar-refractivity contribution < 1.29 is 4.74 Å². The predicted molar refractivity (Wildman–Crippen MR) is 59.7 cm³/mol. The van der Waals surface area contributed by atoms with Gasteiger partial charge in [-0.25, -0.2) is 0 Å². The fourth-order valence-electron chi connectivity index (χ4n) is 2.04. The minimum absolute atomic E-state index is 0.494. The van der Waals surface area contributed by atoms with Gasteiger partial charge in [0.25, 0.3) is 0 Å². The highest BCUT2D eigenvalue weighted by Gasteiger charge is 2.26. The molecule has 2 nitrogen and oxygen atoms in total. The molecular formula is C11H17NOS. The van der Waals surface area contributed by atoms with Crippen molar-refractivity contribution in [2.45, 2.75) is 19.4 Å². The van der Waals surface area contributed by atoms with Crippen molar-refractivity contribution in [1.82, 2.24) is 5.32 Å². The van der Waals surface area contributed by atoms with Crippen molar-refractivity contribution in [3.63, 3.8) is 0 Å². The van der Waals surface area contributed by atoms with Crippen LogP contribution in [0, 0.1) is 5.92 Å². The van der Waals surface area contributed by atoms with Crippen LogP contribution in [-0.4, -0.2) is 19.8 Å². The highest BCUT2D eigenvalue weighted by Crippen LogP contribution is 2.29. The standard InChI is InChI=1S/C11H17NOS/c1-2-12-11(9-3-5-13-7-9)10-4-6-14-8-10/h4,6,8-9,11-12H,2-3,5,7H2,1H3. The first-order valence-electron chi connectivity index (χ1n) is 5.25. The van der Waals surface area contributed by atoms with Crippen LogP contribution in [0.1, 0.15) is 24.9 Å². The molecule has 1 aliphatic rings. The average molecular weight is 211 g/mol. The molecule has 1 saturated heterocycles. The Bertz CT molecular complexity index is 254. The number of hydrogen-bond donors (Lipinski definition) is 1. The maximum atomic E-state index is 5.45. The molecule has 0 amide bonds. The lowest BCUT2D eigenvalue weighted by molar-refractivity contribution is 0.177. The summed E-state index contributed by atoms with van der Waals surface area (Å²) in [5.41, 5.74) is 1.42. The Morgan fingerprint density at radius 2 is 2.64 bits per heavy atom. The third-order valence-electron chi connectivity index (χ3n) is 2.76. The largest absolute Gasteiger partial charge is 0.381 e. The summed E-state index contributed by atoms with van der Waals surface area (Å²) in [7, 11) is 0. The Morgan fingerprint density at radius 1 is 1.71 bits per heavy atom. The van der Waals surface area contributed by atoms with E-state index in [1.165, 1.54) is 12.0 Å². The Kier molecular flexibility index (Phi) is 3.56. The van der Waals surface area contributed by atoms with Gasteiger partial charge in [0.15, 0.2) is 0 Å². The second-order valence-electron chi connectivity index (χ2n) is 3.72. The van der Waals surface area contributed by atoms with Crippen LogP contribution in [0.2, 0.25) is 0 Å². The molecule has 14 heavy (non-hydrogen) atoms. The van der Waals surface area contributed by atoms with E-state index in [4.69, 9.17) is 4.74 Å². The average Bonchev–Trinajstić information content (AvgIpc) is 2.87. The van der Waals surface area contributed by atoms with Crippen molar-refractivity contribution in [3.8, 4) is 0 Å². The van der Waals surface area contributed by atoms with E-state index in [-0.39, 0.29) is 0 Å². The van der Waals surface area contributed by atoms with E-state index in [2.05, 4.69) is 29.1 Å². The minimum Gasteiger partial charge on any atom is -0.381 e. The topological polar surface area (TPSA) is 21.3 Å². The van der Waals surface area contributed by atoms with Gasteiger partial charge >= 0.3 is 0 Å². The molecule has 0 radical (unpaired) electrons. The van der Waals surface area contributed by atoms with E-state index in [0.29, 0.717) is 12.0 Å². The van der Waals surface area contributed by atoms with Gasteiger partial charge in [-0.15, -0.1) is 0 Å². The number of nitrogens with one attached hydrogen (secondary N) is 1. The summed E-state index contributed by atoms with van der Waals surface area (Å²) in [6.07, 6.45) is 1.19. The molecule has 1 aromatic heterocycles. The molecule has 2 atom stereocenters. The van der Waals surface area contributed by atoms with Crippen molar-refractivity contribution >= 4 is 11.3 Å². The van der Waals surface area contributed by atoms with E-state index in [1.807, 2.05) is 0 Å². The smallest absolute Gasteiger partial charge is 0.0513 e. The summed E-state index contributed by atoms with van der Waals surface area (Å²) in [6, 6.07) is 2.71. The third-order valence-corrected chi connectivity index (χ3v) is 3.46. The number of hydrogen-bond acceptors (Lipinski definition) is 3. The molecule has 1 aliphatic heterocycles. The molecule has 1 aromatic rings. The lowest BCUT2D eigenvalue weighted by atomic mass is 9.94. The van der Waals surface area contributed by atoms with Gasteiger partial charge in [0.1, 0.15) is 0 Å². The summed E-state index contributed by atoms with van der Waals surface area (Å²) >= 11 is 1.77. The summed E-state index contributed by atoms with van der Waals surface area (Å²) < 4.78 is 5.45. The zero-order valence-electron chi connectivity index (χ0n) is 8.53.